The number of hydrogen-bond acceptors (Lipinski definition) is 8. The first-order valence-electron chi connectivity index (χ1n) is 11.4. The van der Waals surface area contributed by atoms with Gasteiger partial charge in [-0.15, -0.1) is 0 Å². The molecule has 0 radical (unpaired) electrons. The molecule has 40 heavy (non-hydrogen) atoms. The first kappa shape index (κ1) is 28.3. The summed E-state index contributed by atoms with van der Waals surface area (Å²) in [6, 6.07) is 9.70. The van der Waals surface area contributed by atoms with Gasteiger partial charge in [-0.05, 0) is 36.8 Å². The van der Waals surface area contributed by atoms with Crippen LogP contribution in [0.25, 0.3) is 11.3 Å². The van der Waals surface area contributed by atoms with Crippen molar-refractivity contribution in [1.29, 1.82) is 0 Å². The van der Waals surface area contributed by atoms with Crippen molar-refractivity contribution in [3.63, 3.8) is 0 Å². The van der Waals surface area contributed by atoms with Crippen LogP contribution in [0.2, 0.25) is 0 Å². The number of nitrogens with zero attached hydrogens (tertiary/aromatic N) is 3. The van der Waals surface area contributed by atoms with Gasteiger partial charge < -0.3 is 15.8 Å². The summed E-state index contributed by atoms with van der Waals surface area (Å²) in [5.41, 5.74) is 5.09. The lowest BCUT2D eigenvalue weighted by Gasteiger charge is -2.15. The standard InChI is InChI=1S/C24H21F4N7O4S/c1-2-40(37,38)35-16-8-5-14(9-17(16)39-12-13-3-6-15(25)7-4-13)21-20(22(29)36)23(34-33-21)32-19-11-30-10-18(31-19)24(26,27)28/h3-11,35H,2,12H2,1H3,(H2,29,36)(H2,31,32,33,34). The molecular formula is C24H21F4N7O4S. The molecule has 210 valence electrons. The number of nitrogens with two attached hydrogens (primary N) is 1. The number of H-pyrrole nitrogens is 1. The van der Waals surface area contributed by atoms with Gasteiger partial charge in [-0.3, -0.25) is 19.6 Å². The van der Waals surface area contributed by atoms with E-state index in [1.54, 1.807) is 0 Å². The molecule has 0 unspecified atom stereocenters. The fourth-order valence-electron chi connectivity index (χ4n) is 3.43. The molecule has 0 aliphatic carbocycles. The zero-order chi connectivity index (χ0) is 29.1. The van der Waals surface area contributed by atoms with E-state index >= 15 is 0 Å². The Labute approximate surface area is 224 Å². The minimum atomic E-state index is -4.75. The largest absolute Gasteiger partial charge is 0.487 e. The normalized spacial score (nSPS) is 11.7. The second-order valence-electron chi connectivity index (χ2n) is 8.23. The van der Waals surface area contributed by atoms with E-state index in [9.17, 15) is 30.8 Å². The van der Waals surface area contributed by atoms with E-state index in [0.717, 1.165) is 6.20 Å². The van der Waals surface area contributed by atoms with E-state index < -0.39 is 33.6 Å². The van der Waals surface area contributed by atoms with Gasteiger partial charge in [0.25, 0.3) is 5.91 Å². The van der Waals surface area contributed by atoms with E-state index in [-0.39, 0.29) is 52.3 Å². The zero-order valence-electron chi connectivity index (χ0n) is 20.6. The Kier molecular flexibility index (Phi) is 7.90. The van der Waals surface area contributed by atoms with Crippen LogP contribution in [0.3, 0.4) is 0 Å². The molecule has 0 atom stereocenters. The fourth-order valence-corrected chi connectivity index (χ4v) is 4.08. The van der Waals surface area contributed by atoms with Crippen molar-refractivity contribution in [3.8, 4) is 17.0 Å². The molecule has 0 saturated heterocycles. The summed E-state index contributed by atoms with van der Waals surface area (Å²) in [5.74, 6) is -2.14. The smallest absolute Gasteiger partial charge is 0.434 e. The third kappa shape index (κ3) is 6.63. The van der Waals surface area contributed by atoms with Crippen molar-refractivity contribution in [2.45, 2.75) is 19.7 Å². The number of carbonyl (C=O) groups excluding carboxylic acids is 1. The molecule has 11 nitrogen and oxygen atoms in total. The molecule has 2 aromatic carbocycles. The minimum Gasteiger partial charge on any atom is -0.487 e. The number of amides is 1. The van der Waals surface area contributed by atoms with Gasteiger partial charge in [0.05, 0.1) is 29.5 Å². The van der Waals surface area contributed by atoms with Crippen LogP contribution in [0, 0.1) is 5.82 Å². The van der Waals surface area contributed by atoms with Gasteiger partial charge in [0.15, 0.2) is 17.3 Å². The number of carbonyl (C=O) groups is 1. The van der Waals surface area contributed by atoms with Crippen molar-refractivity contribution in [2.75, 3.05) is 15.8 Å². The SMILES string of the molecule is CCS(=O)(=O)Nc1ccc(-c2[nH]nc(Nc3cncc(C(F)(F)F)n3)c2C(N)=O)cc1OCc1ccc(F)cc1. The van der Waals surface area contributed by atoms with Crippen LogP contribution >= 0.6 is 0 Å². The van der Waals surface area contributed by atoms with Crippen LogP contribution in [0.5, 0.6) is 5.75 Å². The lowest BCUT2D eigenvalue weighted by atomic mass is 10.1. The average molecular weight is 580 g/mol. The maximum absolute atomic E-state index is 13.3. The Hall–Kier alpha value is -4.73. The fraction of sp³-hybridized carbons (Fsp3) is 0.167. The molecule has 0 saturated carbocycles. The molecule has 4 rings (SSSR count). The maximum Gasteiger partial charge on any atom is 0.434 e. The summed E-state index contributed by atoms with van der Waals surface area (Å²) in [7, 11) is -3.70. The molecule has 16 heteroatoms. The average Bonchev–Trinajstić information content (AvgIpc) is 3.32. The highest BCUT2D eigenvalue weighted by Crippen LogP contribution is 2.35. The number of hydrogen-bond donors (Lipinski definition) is 4. The zero-order valence-corrected chi connectivity index (χ0v) is 21.4. The third-order valence-corrected chi connectivity index (χ3v) is 6.70. The van der Waals surface area contributed by atoms with Crippen molar-refractivity contribution in [3.05, 3.63) is 77.5 Å². The van der Waals surface area contributed by atoms with Crippen LogP contribution in [-0.2, 0) is 22.8 Å². The summed E-state index contributed by atoms with van der Waals surface area (Å²) in [4.78, 5) is 19.3. The van der Waals surface area contributed by atoms with Crippen LogP contribution in [-0.4, -0.2) is 40.2 Å². The van der Waals surface area contributed by atoms with Gasteiger partial charge in [0, 0.05) is 5.56 Å². The van der Waals surface area contributed by atoms with Gasteiger partial charge in [-0.25, -0.2) is 17.8 Å². The summed E-state index contributed by atoms with van der Waals surface area (Å²) in [6.07, 6.45) is -3.21. The minimum absolute atomic E-state index is 0.0575. The van der Waals surface area contributed by atoms with Crippen LogP contribution < -0.4 is 20.5 Å². The number of primary amides is 1. The van der Waals surface area contributed by atoms with Crippen LogP contribution in [0.15, 0.2) is 54.9 Å². The summed E-state index contributed by atoms with van der Waals surface area (Å²) in [6.45, 7) is 1.39. The van der Waals surface area contributed by atoms with E-state index in [2.05, 4.69) is 30.2 Å². The summed E-state index contributed by atoms with van der Waals surface area (Å²) in [5, 5.41) is 9.06. The second-order valence-corrected chi connectivity index (χ2v) is 10.2. The molecule has 0 aliphatic heterocycles. The first-order chi connectivity index (χ1) is 18.9. The quantitative estimate of drug-likeness (QED) is 0.203. The van der Waals surface area contributed by atoms with Crippen LogP contribution in [0.1, 0.15) is 28.5 Å². The van der Waals surface area contributed by atoms with Gasteiger partial charge in [0.1, 0.15) is 23.7 Å². The monoisotopic (exact) mass is 579 g/mol. The molecule has 0 fully saturated rings. The number of sulfonamides is 1. The predicted octanol–water partition coefficient (Wildman–Crippen LogP) is 4.21. The lowest BCUT2D eigenvalue weighted by Crippen LogP contribution is -2.16. The molecule has 1 amide bonds. The predicted molar refractivity (Wildman–Crippen MR) is 137 cm³/mol. The Morgan fingerprint density at radius 2 is 1.85 bits per heavy atom. The van der Waals surface area contributed by atoms with E-state index in [1.807, 2.05) is 0 Å². The highest BCUT2D eigenvalue weighted by atomic mass is 32.2. The molecule has 0 spiro atoms. The molecule has 0 aliphatic rings. The number of aromatic nitrogens is 4. The van der Waals surface area contributed by atoms with E-state index in [1.165, 1.54) is 49.4 Å². The Balaban J connectivity index is 1.71. The van der Waals surface area contributed by atoms with Crippen molar-refractivity contribution >= 4 is 33.3 Å². The summed E-state index contributed by atoms with van der Waals surface area (Å²) >= 11 is 0. The maximum atomic E-state index is 13.3. The number of aromatic amines is 1. The molecule has 2 aromatic heterocycles. The van der Waals surface area contributed by atoms with Gasteiger partial charge in [-0.2, -0.15) is 18.3 Å². The number of alkyl halides is 3. The van der Waals surface area contributed by atoms with Crippen molar-refractivity contribution in [2.24, 2.45) is 5.73 Å². The molecular weight excluding hydrogens is 558 g/mol. The number of anilines is 3. The number of benzene rings is 2. The van der Waals surface area contributed by atoms with Crippen molar-refractivity contribution < 1.29 is 35.5 Å². The first-order valence-corrected chi connectivity index (χ1v) is 13.1. The molecule has 2 heterocycles. The number of rotatable bonds is 10. The Morgan fingerprint density at radius 1 is 1.12 bits per heavy atom. The van der Waals surface area contributed by atoms with Crippen LogP contribution in [0.4, 0.5) is 34.9 Å². The molecule has 5 N–H and O–H groups in total. The van der Waals surface area contributed by atoms with E-state index in [4.69, 9.17) is 10.5 Å². The number of halogens is 4. The van der Waals surface area contributed by atoms with Gasteiger partial charge in [-0.1, -0.05) is 18.2 Å². The van der Waals surface area contributed by atoms with Gasteiger partial charge in [0.2, 0.25) is 10.0 Å². The number of ether oxygens (including phenoxy) is 1. The lowest BCUT2D eigenvalue weighted by molar-refractivity contribution is -0.141. The highest BCUT2D eigenvalue weighted by molar-refractivity contribution is 7.92. The third-order valence-electron chi connectivity index (χ3n) is 5.41. The van der Waals surface area contributed by atoms with Crippen molar-refractivity contribution in [1.82, 2.24) is 20.2 Å². The molecule has 0 bridgehead atoms. The number of nitrogens with one attached hydrogen (secondary N) is 3. The Morgan fingerprint density at radius 3 is 2.50 bits per heavy atom. The van der Waals surface area contributed by atoms with Gasteiger partial charge >= 0.3 is 6.18 Å². The molecule has 4 aromatic rings. The van der Waals surface area contributed by atoms with E-state index in [0.29, 0.717) is 11.8 Å². The summed E-state index contributed by atoms with van der Waals surface area (Å²) < 4.78 is 85.0. The highest BCUT2D eigenvalue weighted by Gasteiger charge is 2.33. The Bertz CT molecular complexity index is 1640. The topological polar surface area (TPSA) is 165 Å². The second kappa shape index (κ2) is 11.2.